The monoisotopic (exact) mass is 424 g/mol. The van der Waals surface area contributed by atoms with Gasteiger partial charge in [-0.05, 0) is 44.5 Å². The predicted octanol–water partition coefficient (Wildman–Crippen LogP) is 2.06. The van der Waals surface area contributed by atoms with Crippen molar-refractivity contribution in [2.75, 3.05) is 20.1 Å². The normalized spacial score (nSPS) is 24.5. The zero-order valence-electron chi connectivity index (χ0n) is 18.3. The highest BCUT2D eigenvalue weighted by atomic mass is 16.3. The molecular weight excluding hydrogens is 392 g/mol. The number of rotatable bonds is 7. The van der Waals surface area contributed by atoms with Crippen LogP contribution in [0.1, 0.15) is 36.1 Å². The molecule has 2 aliphatic rings. The molecule has 2 N–H and O–H groups in total. The smallest absolute Gasteiger partial charge is 0.239 e. The molecule has 2 aromatic rings. The van der Waals surface area contributed by atoms with Gasteiger partial charge in [-0.3, -0.25) is 19.4 Å². The quantitative estimate of drug-likeness (QED) is 0.712. The number of furan rings is 1. The number of carbonyl (C=O) groups excluding carboxylic acids is 2. The van der Waals surface area contributed by atoms with Gasteiger partial charge in [0, 0.05) is 38.1 Å². The summed E-state index contributed by atoms with van der Waals surface area (Å²) < 4.78 is 5.25. The number of aryl methyl sites for hydroxylation is 1. The molecule has 31 heavy (non-hydrogen) atoms. The van der Waals surface area contributed by atoms with Crippen molar-refractivity contribution in [1.29, 1.82) is 0 Å². The minimum absolute atomic E-state index is 0.00402. The lowest BCUT2D eigenvalue weighted by atomic mass is 10.0. The van der Waals surface area contributed by atoms with Gasteiger partial charge in [-0.25, -0.2) is 0 Å². The first kappa shape index (κ1) is 21.6. The molecule has 2 aliphatic heterocycles. The summed E-state index contributed by atoms with van der Waals surface area (Å²) >= 11 is 0. The Bertz CT molecular complexity index is 881. The Balaban J connectivity index is 1.33. The Morgan fingerprint density at radius 2 is 2.06 bits per heavy atom. The van der Waals surface area contributed by atoms with Crippen LogP contribution in [0.15, 0.2) is 47.1 Å². The minimum atomic E-state index is -0.149. The average molecular weight is 425 g/mol. The Morgan fingerprint density at radius 3 is 2.81 bits per heavy atom. The Morgan fingerprint density at radius 1 is 1.26 bits per heavy atom. The standard InChI is InChI=1S/C24H32N4O3/c1-17-5-7-18(8-6-17)16-28-12-11-21-23(28)24(30)26-14-19(27(21)2)9-10-22(29)25-15-20-4-3-13-31-20/h3-8,13,19,21,23H,9-12,14-16H2,1-2H3,(H,25,29)(H,26,30)/t19-,21-,23-/m0/s1. The maximum atomic E-state index is 12.9. The van der Waals surface area contributed by atoms with Gasteiger partial charge >= 0.3 is 0 Å². The van der Waals surface area contributed by atoms with Gasteiger partial charge in [0.15, 0.2) is 0 Å². The molecule has 2 saturated heterocycles. The third kappa shape index (κ3) is 5.17. The van der Waals surface area contributed by atoms with Crippen molar-refractivity contribution >= 4 is 11.8 Å². The Kier molecular flexibility index (Phi) is 6.73. The van der Waals surface area contributed by atoms with E-state index in [9.17, 15) is 9.59 Å². The summed E-state index contributed by atoms with van der Waals surface area (Å²) in [6.07, 6.45) is 3.70. The van der Waals surface area contributed by atoms with Crippen molar-refractivity contribution in [1.82, 2.24) is 20.4 Å². The molecule has 7 heteroatoms. The van der Waals surface area contributed by atoms with Crippen LogP contribution in [0.5, 0.6) is 0 Å². The molecular formula is C24H32N4O3. The van der Waals surface area contributed by atoms with Crippen molar-refractivity contribution in [3.63, 3.8) is 0 Å². The number of nitrogens with one attached hydrogen (secondary N) is 2. The van der Waals surface area contributed by atoms with Gasteiger partial charge in [-0.1, -0.05) is 29.8 Å². The molecule has 1 aromatic heterocycles. The molecule has 0 spiro atoms. The van der Waals surface area contributed by atoms with Gasteiger partial charge in [-0.15, -0.1) is 0 Å². The maximum Gasteiger partial charge on any atom is 0.239 e. The summed E-state index contributed by atoms with van der Waals surface area (Å²) in [4.78, 5) is 29.8. The fourth-order valence-electron chi connectivity index (χ4n) is 4.74. The number of hydrogen-bond donors (Lipinski definition) is 2. The maximum absolute atomic E-state index is 12.9. The van der Waals surface area contributed by atoms with Gasteiger partial charge < -0.3 is 15.1 Å². The minimum Gasteiger partial charge on any atom is -0.467 e. The van der Waals surface area contributed by atoms with Crippen molar-refractivity contribution in [2.45, 2.75) is 57.4 Å². The molecule has 0 saturated carbocycles. The van der Waals surface area contributed by atoms with Crippen molar-refractivity contribution in [2.24, 2.45) is 0 Å². The van der Waals surface area contributed by atoms with E-state index < -0.39 is 0 Å². The number of likely N-dealkylation sites (tertiary alicyclic amines) is 1. The highest BCUT2D eigenvalue weighted by molar-refractivity contribution is 5.83. The van der Waals surface area contributed by atoms with Gasteiger partial charge in [0.25, 0.3) is 0 Å². The number of carbonyl (C=O) groups is 2. The van der Waals surface area contributed by atoms with E-state index in [1.807, 2.05) is 12.1 Å². The first-order valence-electron chi connectivity index (χ1n) is 11.1. The van der Waals surface area contributed by atoms with Crippen LogP contribution < -0.4 is 10.6 Å². The molecule has 0 radical (unpaired) electrons. The van der Waals surface area contributed by atoms with Crippen LogP contribution in [-0.2, 0) is 22.7 Å². The number of fused-ring (bicyclic) bond motifs is 1. The van der Waals surface area contributed by atoms with Crippen LogP contribution in [0.4, 0.5) is 0 Å². The number of hydrogen-bond acceptors (Lipinski definition) is 5. The van der Waals surface area contributed by atoms with E-state index >= 15 is 0 Å². The predicted molar refractivity (Wildman–Crippen MR) is 118 cm³/mol. The van der Waals surface area contributed by atoms with Crippen LogP contribution in [-0.4, -0.2) is 59.9 Å². The molecule has 2 amide bonds. The van der Waals surface area contributed by atoms with E-state index in [4.69, 9.17) is 4.42 Å². The number of amides is 2. The first-order valence-corrected chi connectivity index (χ1v) is 11.1. The molecule has 0 aliphatic carbocycles. The molecule has 0 bridgehead atoms. The number of likely N-dealkylation sites (N-methyl/N-ethyl adjacent to an activating group) is 1. The topological polar surface area (TPSA) is 77.8 Å². The van der Waals surface area contributed by atoms with Gasteiger partial charge in [0.1, 0.15) is 11.8 Å². The first-order chi connectivity index (χ1) is 15.0. The van der Waals surface area contributed by atoms with Crippen LogP contribution in [0, 0.1) is 6.92 Å². The fraction of sp³-hybridized carbons (Fsp3) is 0.500. The summed E-state index contributed by atoms with van der Waals surface area (Å²) in [5.74, 6) is 0.852. The second-order valence-electron chi connectivity index (χ2n) is 8.72. The zero-order chi connectivity index (χ0) is 21.8. The van der Waals surface area contributed by atoms with E-state index in [-0.39, 0.29) is 29.9 Å². The Hall–Kier alpha value is -2.64. The van der Waals surface area contributed by atoms with Crippen molar-refractivity contribution in [3.05, 3.63) is 59.5 Å². The third-order valence-corrected chi connectivity index (χ3v) is 6.60. The number of benzene rings is 1. The van der Waals surface area contributed by atoms with Gasteiger partial charge in [0.05, 0.1) is 12.8 Å². The lowest BCUT2D eigenvalue weighted by Gasteiger charge is -2.33. The van der Waals surface area contributed by atoms with E-state index in [0.717, 1.165) is 25.3 Å². The summed E-state index contributed by atoms with van der Waals surface area (Å²) in [6, 6.07) is 12.4. The van der Waals surface area contributed by atoms with Crippen LogP contribution in [0.2, 0.25) is 0 Å². The molecule has 2 fully saturated rings. The van der Waals surface area contributed by atoms with E-state index in [1.165, 1.54) is 11.1 Å². The highest BCUT2D eigenvalue weighted by Crippen LogP contribution is 2.28. The van der Waals surface area contributed by atoms with E-state index in [0.29, 0.717) is 25.9 Å². The summed E-state index contributed by atoms with van der Waals surface area (Å²) in [5, 5.41) is 6.03. The number of nitrogens with zero attached hydrogens (tertiary/aromatic N) is 2. The molecule has 4 rings (SSSR count). The van der Waals surface area contributed by atoms with Gasteiger partial charge in [0.2, 0.25) is 11.8 Å². The van der Waals surface area contributed by atoms with Crippen molar-refractivity contribution in [3.8, 4) is 0 Å². The van der Waals surface area contributed by atoms with Gasteiger partial charge in [-0.2, -0.15) is 0 Å². The third-order valence-electron chi connectivity index (χ3n) is 6.60. The lowest BCUT2D eigenvalue weighted by molar-refractivity contribution is -0.126. The summed E-state index contributed by atoms with van der Waals surface area (Å²) in [5.41, 5.74) is 2.47. The van der Waals surface area contributed by atoms with E-state index in [2.05, 4.69) is 58.7 Å². The van der Waals surface area contributed by atoms with Crippen LogP contribution >= 0.6 is 0 Å². The largest absolute Gasteiger partial charge is 0.467 e. The molecule has 7 nitrogen and oxygen atoms in total. The zero-order valence-corrected chi connectivity index (χ0v) is 18.3. The second kappa shape index (κ2) is 9.66. The van der Waals surface area contributed by atoms with E-state index in [1.54, 1.807) is 6.26 Å². The lowest BCUT2D eigenvalue weighted by Crippen LogP contribution is -2.49. The summed E-state index contributed by atoms with van der Waals surface area (Å²) in [7, 11) is 2.10. The molecule has 3 atom stereocenters. The molecule has 166 valence electrons. The highest BCUT2D eigenvalue weighted by Gasteiger charge is 2.44. The average Bonchev–Trinajstić information content (AvgIpc) is 3.41. The molecule has 0 unspecified atom stereocenters. The summed E-state index contributed by atoms with van der Waals surface area (Å²) in [6.45, 7) is 4.74. The van der Waals surface area contributed by atoms with Crippen molar-refractivity contribution < 1.29 is 14.0 Å². The van der Waals surface area contributed by atoms with Crippen LogP contribution in [0.3, 0.4) is 0 Å². The Labute approximate surface area is 183 Å². The second-order valence-corrected chi connectivity index (χ2v) is 8.72. The molecule has 3 heterocycles. The van der Waals surface area contributed by atoms with Crippen LogP contribution in [0.25, 0.3) is 0 Å². The molecule has 1 aromatic carbocycles. The fourth-order valence-corrected chi connectivity index (χ4v) is 4.74. The SMILES string of the molecule is Cc1ccc(CN2CC[C@H]3[C@H]2C(=O)NC[C@H](CCC(=O)NCc2ccco2)N3C)cc1.